The quantitative estimate of drug-likeness (QED) is 0.775. The van der Waals surface area contributed by atoms with Crippen LogP contribution in [0.3, 0.4) is 0 Å². The Morgan fingerprint density at radius 3 is 2.80 bits per heavy atom. The second-order valence-electron chi connectivity index (χ2n) is 4.07. The molecule has 1 fully saturated rings. The maximum absolute atomic E-state index is 6.08. The fourth-order valence-corrected chi connectivity index (χ4v) is 2.54. The Kier molecular flexibility index (Phi) is 3.10. The van der Waals surface area contributed by atoms with E-state index in [1.807, 2.05) is 0 Å². The zero-order chi connectivity index (χ0) is 10.8. The molecule has 4 heteroatoms. The Balaban J connectivity index is 2.32. The number of rotatable bonds is 2. The van der Waals surface area contributed by atoms with E-state index in [0.717, 1.165) is 12.2 Å². The highest BCUT2D eigenvalue weighted by molar-refractivity contribution is 6.31. The Labute approximate surface area is 95.5 Å². The lowest BCUT2D eigenvalue weighted by Crippen LogP contribution is -2.35. The molecule has 82 valence electrons. The van der Waals surface area contributed by atoms with E-state index in [0.29, 0.717) is 17.2 Å². The maximum atomic E-state index is 6.08. The largest absolute Gasteiger partial charge is 0.348 e. The van der Waals surface area contributed by atoms with Gasteiger partial charge in [-0.1, -0.05) is 18.5 Å². The predicted octanol–water partition coefficient (Wildman–Crippen LogP) is 2.90. The molecular weight excluding hydrogens is 210 g/mol. The lowest BCUT2D eigenvalue weighted by atomic mass is 10.1. The molecule has 15 heavy (non-hydrogen) atoms. The van der Waals surface area contributed by atoms with Gasteiger partial charge in [-0.3, -0.25) is 0 Å². The first-order valence-electron chi connectivity index (χ1n) is 5.49. The van der Waals surface area contributed by atoms with E-state index < -0.39 is 0 Å². The SMILES string of the molecule is CCC1CCC(C)N1c1nccnc1Cl. The van der Waals surface area contributed by atoms with Gasteiger partial charge in [0.25, 0.3) is 0 Å². The minimum absolute atomic E-state index is 0.518. The second-order valence-corrected chi connectivity index (χ2v) is 4.42. The third kappa shape index (κ3) is 1.93. The van der Waals surface area contributed by atoms with Crippen LogP contribution in [-0.4, -0.2) is 22.1 Å². The van der Waals surface area contributed by atoms with Gasteiger partial charge in [0.2, 0.25) is 0 Å². The highest BCUT2D eigenvalue weighted by atomic mass is 35.5. The number of hydrogen-bond donors (Lipinski definition) is 0. The van der Waals surface area contributed by atoms with Crippen molar-refractivity contribution in [3.8, 4) is 0 Å². The Bertz CT molecular complexity index is 342. The summed E-state index contributed by atoms with van der Waals surface area (Å²) in [5.74, 6) is 0.844. The molecule has 1 saturated heterocycles. The van der Waals surface area contributed by atoms with E-state index >= 15 is 0 Å². The van der Waals surface area contributed by atoms with E-state index in [9.17, 15) is 0 Å². The van der Waals surface area contributed by atoms with Crippen molar-refractivity contribution < 1.29 is 0 Å². The van der Waals surface area contributed by atoms with Crippen molar-refractivity contribution in [2.45, 2.75) is 45.2 Å². The van der Waals surface area contributed by atoms with Crippen LogP contribution in [0.5, 0.6) is 0 Å². The Hall–Kier alpha value is -0.830. The number of anilines is 1. The monoisotopic (exact) mass is 225 g/mol. The normalized spacial score (nSPS) is 25.9. The number of hydrogen-bond acceptors (Lipinski definition) is 3. The summed E-state index contributed by atoms with van der Waals surface area (Å²) in [6, 6.07) is 1.08. The molecule has 0 spiro atoms. The van der Waals surface area contributed by atoms with Gasteiger partial charge in [-0.25, -0.2) is 9.97 Å². The molecule has 3 nitrogen and oxygen atoms in total. The number of halogens is 1. The van der Waals surface area contributed by atoms with Gasteiger partial charge in [-0.05, 0) is 26.2 Å². The van der Waals surface area contributed by atoms with Crippen LogP contribution < -0.4 is 4.90 Å². The molecule has 2 atom stereocenters. The molecule has 2 heterocycles. The second kappa shape index (κ2) is 4.35. The summed E-state index contributed by atoms with van der Waals surface area (Å²) in [6.45, 7) is 4.43. The Morgan fingerprint density at radius 2 is 2.13 bits per heavy atom. The number of aromatic nitrogens is 2. The first-order valence-corrected chi connectivity index (χ1v) is 5.86. The van der Waals surface area contributed by atoms with Gasteiger partial charge in [-0.15, -0.1) is 0 Å². The predicted molar refractivity (Wildman–Crippen MR) is 62.3 cm³/mol. The average Bonchev–Trinajstić information content (AvgIpc) is 2.60. The first-order chi connectivity index (χ1) is 7.24. The van der Waals surface area contributed by atoms with E-state index in [2.05, 4.69) is 28.7 Å². The molecule has 0 bridgehead atoms. The molecule has 0 amide bonds. The van der Waals surface area contributed by atoms with Crippen molar-refractivity contribution in [3.63, 3.8) is 0 Å². The van der Waals surface area contributed by atoms with Gasteiger partial charge in [-0.2, -0.15) is 0 Å². The fraction of sp³-hybridized carbons (Fsp3) is 0.636. The van der Waals surface area contributed by atoms with Gasteiger partial charge in [0, 0.05) is 24.5 Å². The molecule has 1 aliphatic rings. The molecular formula is C11H16ClN3. The summed E-state index contributed by atoms with van der Waals surface area (Å²) < 4.78 is 0. The summed E-state index contributed by atoms with van der Waals surface area (Å²) in [5, 5.41) is 0.518. The molecule has 0 aliphatic carbocycles. The van der Waals surface area contributed by atoms with Gasteiger partial charge in [0.05, 0.1) is 0 Å². The molecule has 2 rings (SSSR count). The fourth-order valence-electron chi connectivity index (χ4n) is 2.34. The third-order valence-electron chi connectivity index (χ3n) is 3.14. The summed E-state index contributed by atoms with van der Waals surface area (Å²) in [6.07, 6.45) is 6.92. The zero-order valence-electron chi connectivity index (χ0n) is 9.15. The third-order valence-corrected chi connectivity index (χ3v) is 3.40. The minimum Gasteiger partial charge on any atom is -0.348 e. The number of nitrogens with zero attached hydrogens (tertiary/aromatic N) is 3. The molecule has 0 aromatic carbocycles. The molecule has 1 aromatic heterocycles. The first kappa shape index (κ1) is 10.7. The van der Waals surface area contributed by atoms with Crippen LogP contribution in [0.15, 0.2) is 12.4 Å². The highest BCUT2D eigenvalue weighted by Crippen LogP contribution is 2.33. The minimum atomic E-state index is 0.518. The lowest BCUT2D eigenvalue weighted by Gasteiger charge is -2.29. The van der Waals surface area contributed by atoms with Crippen LogP contribution >= 0.6 is 11.6 Å². The molecule has 0 saturated carbocycles. The average molecular weight is 226 g/mol. The van der Waals surface area contributed by atoms with Crippen molar-refractivity contribution in [1.29, 1.82) is 0 Å². The van der Waals surface area contributed by atoms with Crippen LogP contribution in [0.25, 0.3) is 0 Å². The molecule has 1 aromatic rings. The Morgan fingerprint density at radius 1 is 1.40 bits per heavy atom. The maximum Gasteiger partial charge on any atom is 0.171 e. The van der Waals surface area contributed by atoms with E-state index in [1.165, 1.54) is 12.8 Å². The van der Waals surface area contributed by atoms with Crippen LogP contribution in [-0.2, 0) is 0 Å². The lowest BCUT2D eigenvalue weighted by molar-refractivity contribution is 0.620. The van der Waals surface area contributed by atoms with E-state index in [1.54, 1.807) is 12.4 Å². The van der Waals surface area contributed by atoms with Gasteiger partial charge in [0.15, 0.2) is 11.0 Å². The molecule has 0 N–H and O–H groups in total. The van der Waals surface area contributed by atoms with Crippen molar-refractivity contribution in [1.82, 2.24) is 9.97 Å². The highest BCUT2D eigenvalue weighted by Gasteiger charge is 2.31. The zero-order valence-corrected chi connectivity index (χ0v) is 9.91. The molecule has 2 unspecified atom stereocenters. The van der Waals surface area contributed by atoms with Gasteiger partial charge in [0.1, 0.15) is 0 Å². The summed E-state index contributed by atoms with van der Waals surface area (Å²) in [7, 11) is 0. The van der Waals surface area contributed by atoms with Gasteiger partial charge >= 0.3 is 0 Å². The molecule has 0 radical (unpaired) electrons. The van der Waals surface area contributed by atoms with Crippen LogP contribution in [0, 0.1) is 0 Å². The van der Waals surface area contributed by atoms with E-state index in [4.69, 9.17) is 11.6 Å². The standard InChI is InChI=1S/C11H16ClN3/c1-3-9-5-4-8(2)15(9)11-10(12)13-6-7-14-11/h6-9H,3-5H2,1-2H3. The van der Waals surface area contributed by atoms with Crippen LogP contribution in [0.4, 0.5) is 5.82 Å². The summed E-state index contributed by atoms with van der Waals surface area (Å²) >= 11 is 6.08. The van der Waals surface area contributed by atoms with Gasteiger partial charge < -0.3 is 4.90 Å². The van der Waals surface area contributed by atoms with Crippen molar-refractivity contribution in [2.75, 3.05) is 4.90 Å². The van der Waals surface area contributed by atoms with Crippen molar-refractivity contribution in [3.05, 3.63) is 17.5 Å². The van der Waals surface area contributed by atoms with Crippen molar-refractivity contribution in [2.24, 2.45) is 0 Å². The summed E-state index contributed by atoms with van der Waals surface area (Å²) in [5.41, 5.74) is 0. The smallest absolute Gasteiger partial charge is 0.171 e. The molecule has 1 aliphatic heterocycles. The van der Waals surface area contributed by atoms with Crippen molar-refractivity contribution >= 4 is 17.4 Å². The van der Waals surface area contributed by atoms with Crippen LogP contribution in [0.1, 0.15) is 33.1 Å². The topological polar surface area (TPSA) is 29.0 Å². The van der Waals surface area contributed by atoms with E-state index in [-0.39, 0.29) is 0 Å². The van der Waals surface area contributed by atoms with Crippen LogP contribution in [0.2, 0.25) is 5.15 Å². The summed E-state index contributed by atoms with van der Waals surface area (Å²) in [4.78, 5) is 10.7.